The van der Waals surface area contributed by atoms with Crippen LogP contribution in [0.4, 0.5) is 0 Å². The Morgan fingerprint density at radius 2 is 1.93 bits per heavy atom. The highest BCUT2D eigenvalue weighted by atomic mass is 32.1. The van der Waals surface area contributed by atoms with Crippen molar-refractivity contribution in [3.05, 3.63) is 98.5 Å². The van der Waals surface area contributed by atoms with Crippen molar-refractivity contribution in [3.63, 3.8) is 0 Å². The molecule has 0 aliphatic carbocycles. The number of oxazole rings is 1. The van der Waals surface area contributed by atoms with E-state index in [-0.39, 0.29) is 30.5 Å². The fourth-order valence-corrected chi connectivity index (χ4v) is 6.86. The third-order valence-corrected chi connectivity index (χ3v) is 9.12. The molecular weight excluding hydrogens is 598 g/mol. The highest BCUT2D eigenvalue weighted by molar-refractivity contribution is 7.22. The van der Waals surface area contributed by atoms with Crippen molar-refractivity contribution in [3.8, 4) is 22.2 Å². The fraction of sp³-hybridized carbons (Fsp3) is 0.333. The van der Waals surface area contributed by atoms with E-state index in [1.165, 1.54) is 29.9 Å². The van der Waals surface area contributed by atoms with Crippen LogP contribution in [-0.2, 0) is 20.8 Å². The SMILES string of the molecule is CCOC(=O)c1cccc(-n2c(=O)c3c(C)c(-c4ncco4)sc3n(CC(OC3CCOCC3)c3ccccc3OC)c2=O)c1. The molecule has 234 valence electrons. The van der Waals surface area contributed by atoms with Crippen molar-refractivity contribution in [1.29, 1.82) is 0 Å². The van der Waals surface area contributed by atoms with Gasteiger partial charge in [-0.15, -0.1) is 11.3 Å². The van der Waals surface area contributed by atoms with Gasteiger partial charge in [-0.1, -0.05) is 24.3 Å². The van der Waals surface area contributed by atoms with E-state index in [0.717, 1.165) is 10.1 Å². The number of aryl methyl sites for hydroxylation is 1. The number of hydrogen-bond donors (Lipinski definition) is 0. The third kappa shape index (κ3) is 5.96. The summed E-state index contributed by atoms with van der Waals surface area (Å²) in [6.45, 7) is 4.96. The Hall–Kier alpha value is -4.52. The van der Waals surface area contributed by atoms with Crippen molar-refractivity contribution >= 4 is 27.5 Å². The monoisotopic (exact) mass is 631 g/mol. The molecule has 1 atom stereocenters. The van der Waals surface area contributed by atoms with E-state index in [0.29, 0.717) is 58.4 Å². The lowest BCUT2D eigenvalue weighted by atomic mass is 10.1. The Balaban J connectivity index is 1.58. The van der Waals surface area contributed by atoms with Gasteiger partial charge in [0.15, 0.2) is 0 Å². The Morgan fingerprint density at radius 3 is 2.67 bits per heavy atom. The average Bonchev–Trinajstić information content (AvgIpc) is 3.71. The molecule has 0 radical (unpaired) electrons. The van der Waals surface area contributed by atoms with E-state index in [9.17, 15) is 14.4 Å². The molecule has 1 fully saturated rings. The lowest BCUT2D eigenvalue weighted by molar-refractivity contribution is -0.0752. The van der Waals surface area contributed by atoms with Crippen molar-refractivity contribution in [1.82, 2.24) is 14.1 Å². The molecule has 0 amide bonds. The number of nitrogens with zero attached hydrogens (tertiary/aromatic N) is 3. The van der Waals surface area contributed by atoms with Crippen LogP contribution in [0.25, 0.3) is 26.7 Å². The van der Waals surface area contributed by atoms with Crippen LogP contribution in [0.15, 0.2) is 75.0 Å². The van der Waals surface area contributed by atoms with E-state index in [1.807, 2.05) is 31.2 Å². The molecule has 1 saturated heterocycles. The molecule has 0 saturated carbocycles. The molecular formula is C33H33N3O8S. The topological polar surface area (TPSA) is 124 Å². The van der Waals surface area contributed by atoms with Gasteiger partial charge in [-0.3, -0.25) is 9.36 Å². The maximum atomic E-state index is 14.5. The van der Waals surface area contributed by atoms with Gasteiger partial charge >= 0.3 is 11.7 Å². The molecule has 45 heavy (non-hydrogen) atoms. The molecule has 5 aromatic rings. The van der Waals surface area contributed by atoms with Crippen LogP contribution < -0.4 is 16.0 Å². The number of hydrogen-bond acceptors (Lipinski definition) is 10. The minimum absolute atomic E-state index is 0.0793. The highest BCUT2D eigenvalue weighted by Crippen LogP contribution is 2.37. The highest BCUT2D eigenvalue weighted by Gasteiger charge is 2.28. The van der Waals surface area contributed by atoms with Crippen LogP contribution >= 0.6 is 11.3 Å². The van der Waals surface area contributed by atoms with Gasteiger partial charge in [0.25, 0.3) is 5.56 Å². The summed E-state index contributed by atoms with van der Waals surface area (Å²) < 4.78 is 31.4. The molecule has 1 aliphatic heterocycles. The first kappa shape index (κ1) is 30.5. The minimum Gasteiger partial charge on any atom is -0.496 e. The van der Waals surface area contributed by atoms with Gasteiger partial charge in [0.1, 0.15) is 22.9 Å². The summed E-state index contributed by atoms with van der Waals surface area (Å²) in [6, 6.07) is 13.9. The van der Waals surface area contributed by atoms with E-state index in [4.69, 9.17) is 23.4 Å². The Kier molecular flexibility index (Phi) is 8.97. The first-order valence-electron chi connectivity index (χ1n) is 14.7. The molecule has 12 heteroatoms. The molecule has 6 rings (SSSR count). The van der Waals surface area contributed by atoms with Crippen molar-refractivity contribution < 1.29 is 28.2 Å². The Labute approximate surface area is 262 Å². The maximum absolute atomic E-state index is 14.5. The second-order valence-electron chi connectivity index (χ2n) is 10.6. The smallest absolute Gasteiger partial charge is 0.338 e. The number of carbonyl (C=O) groups is 1. The van der Waals surface area contributed by atoms with Crippen molar-refractivity contribution in [2.45, 2.75) is 45.4 Å². The Morgan fingerprint density at radius 1 is 1.13 bits per heavy atom. The van der Waals surface area contributed by atoms with Crippen molar-refractivity contribution in [2.75, 3.05) is 26.9 Å². The number of aromatic nitrogens is 3. The van der Waals surface area contributed by atoms with Crippen LogP contribution in [0.1, 0.15) is 47.4 Å². The summed E-state index contributed by atoms with van der Waals surface area (Å²) in [4.78, 5) is 46.7. The minimum atomic E-state index is -0.602. The van der Waals surface area contributed by atoms with E-state index < -0.39 is 23.3 Å². The Bertz CT molecular complexity index is 1940. The number of carbonyl (C=O) groups excluding carboxylic acids is 1. The predicted octanol–water partition coefficient (Wildman–Crippen LogP) is 5.30. The second kappa shape index (κ2) is 13.2. The quantitative estimate of drug-likeness (QED) is 0.189. The predicted molar refractivity (Wildman–Crippen MR) is 169 cm³/mol. The van der Waals surface area contributed by atoms with Crippen LogP contribution in [0.5, 0.6) is 5.75 Å². The van der Waals surface area contributed by atoms with Gasteiger partial charge in [0, 0.05) is 18.8 Å². The number of rotatable bonds is 10. The standard InChI is InChI=1S/C33H33N3O8S/c1-4-42-32(38)21-8-7-9-22(18-21)36-30(37)27-20(2)28(29-34-14-17-43-29)45-31(27)35(33(36)39)19-26(44-23-12-15-41-16-13-23)24-10-5-6-11-25(24)40-3/h5-11,14,17-18,23,26H,4,12-13,15-16,19H2,1-3H3. The lowest BCUT2D eigenvalue weighted by Gasteiger charge is -2.29. The zero-order valence-corrected chi connectivity index (χ0v) is 26.0. The van der Waals surface area contributed by atoms with Gasteiger partial charge in [-0.05, 0) is 56.5 Å². The summed E-state index contributed by atoms with van der Waals surface area (Å²) in [6.07, 6.45) is 3.72. The molecule has 1 aliphatic rings. The number of para-hydroxylation sites is 1. The molecule has 0 N–H and O–H groups in total. The van der Waals surface area contributed by atoms with Gasteiger partial charge in [-0.2, -0.15) is 0 Å². The first-order chi connectivity index (χ1) is 21.9. The van der Waals surface area contributed by atoms with Crippen LogP contribution in [0.3, 0.4) is 0 Å². The molecule has 4 heterocycles. The first-order valence-corrected chi connectivity index (χ1v) is 15.5. The average molecular weight is 632 g/mol. The summed E-state index contributed by atoms with van der Waals surface area (Å²) in [7, 11) is 1.59. The summed E-state index contributed by atoms with van der Waals surface area (Å²) in [5, 5.41) is 0.346. The van der Waals surface area contributed by atoms with Gasteiger partial charge < -0.3 is 23.4 Å². The van der Waals surface area contributed by atoms with E-state index in [2.05, 4.69) is 4.98 Å². The molecule has 1 unspecified atom stereocenters. The second-order valence-corrected chi connectivity index (χ2v) is 11.6. The summed E-state index contributed by atoms with van der Waals surface area (Å²) in [5.74, 6) is 0.424. The van der Waals surface area contributed by atoms with Crippen LogP contribution in [0.2, 0.25) is 0 Å². The third-order valence-electron chi connectivity index (χ3n) is 7.81. The number of esters is 1. The molecule has 2 aromatic carbocycles. The summed E-state index contributed by atoms with van der Waals surface area (Å²) in [5.41, 5.74) is 0.779. The fourth-order valence-electron chi connectivity index (χ4n) is 5.62. The number of ether oxygens (including phenoxy) is 4. The largest absolute Gasteiger partial charge is 0.496 e. The molecule has 0 bridgehead atoms. The maximum Gasteiger partial charge on any atom is 0.338 e. The van der Waals surface area contributed by atoms with Gasteiger partial charge in [0.05, 0.1) is 54.1 Å². The normalized spacial score (nSPS) is 14.5. The zero-order valence-electron chi connectivity index (χ0n) is 25.2. The van der Waals surface area contributed by atoms with Crippen LogP contribution in [0, 0.1) is 6.92 Å². The zero-order chi connectivity index (χ0) is 31.5. The number of benzene rings is 2. The van der Waals surface area contributed by atoms with E-state index >= 15 is 0 Å². The number of methoxy groups -OCH3 is 1. The molecule has 0 spiro atoms. The van der Waals surface area contributed by atoms with Gasteiger partial charge in [0.2, 0.25) is 5.89 Å². The van der Waals surface area contributed by atoms with Crippen LogP contribution in [-0.4, -0.2) is 53.1 Å². The number of thiophene rings is 1. The molecule has 11 nitrogen and oxygen atoms in total. The van der Waals surface area contributed by atoms with E-state index in [1.54, 1.807) is 36.8 Å². The molecule has 3 aromatic heterocycles. The number of fused-ring (bicyclic) bond motifs is 1. The van der Waals surface area contributed by atoms with Gasteiger partial charge in [-0.25, -0.2) is 19.1 Å². The summed E-state index contributed by atoms with van der Waals surface area (Å²) >= 11 is 1.26. The van der Waals surface area contributed by atoms with Crippen molar-refractivity contribution in [2.24, 2.45) is 0 Å². The lowest BCUT2D eigenvalue weighted by Crippen LogP contribution is -2.40.